The monoisotopic (exact) mass is 339 g/mol. The Balaban J connectivity index is 1.54. The van der Waals surface area contributed by atoms with Gasteiger partial charge < -0.3 is 9.84 Å². The Hall–Kier alpha value is -1.05. The molecule has 2 aliphatic rings. The lowest BCUT2D eigenvalue weighted by Gasteiger charge is -2.32. The molecule has 1 atom stereocenters. The maximum atomic E-state index is 6.19. The quantitative estimate of drug-likeness (QED) is 0.907. The first kappa shape index (κ1) is 14.5. The summed E-state index contributed by atoms with van der Waals surface area (Å²) < 4.78 is 7.07. The van der Waals surface area contributed by atoms with Crippen molar-refractivity contribution < 1.29 is 4.52 Å². The fraction of sp³-hybridized carbons (Fsp3) is 0.643. The third-order valence-electron chi connectivity index (χ3n) is 4.76. The van der Waals surface area contributed by atoms with Crippen molar-refractivity contribution in [1.82, 2.24) is 25.2 Å². The van der Waals surface area contributed by atoms with Gasteiger partial charge in [-0.1, -0.05) is 16.8 Å². The van der Waals surface area contributed by atoms with Crippen LogP contribution < -0.4 is 5.32 Å². The molecule has 0 radical (unpaired) electrons. The predicted molar refractivity (Wildman–Crippen MR) is 85.9 cm³/mol. The van der Waals surface area contributed by atoms with Gasteiger partial charge in [0.2, 0.25) is 11.7 Å². The van der Waals surface area contributed by atoms with Crippen molar-refractivity contribution in [3.05, 3.63) is 17.2 Å². The minimum Gasteiger partial charge on any atom is -0.337 e. The van der Waals surface area contributed by atoms with Gasteiger partial charge in [0.1, 0.15) is 5.15 Å². The first-order valence-electron chi connectivity index (χ1n) is 7.49. The van der Waals surface area contributed by atoms with E-state index in [2.05, 4.69) is 32.3 Å². The van der Waals surface area contributed by atoms with Crippen LogP contribution >= 0.6 is 23.4 Å². The van der Waals surface area contributed by atoms with E-state index < -0.39 is 0 Å². The number of hydrogen-bond donors (Lipinski definition) is 1. The molecule has 22 heavy (non-hydrogen) atoms. The Labute approximate surface area is 138 Å². The van der Waals surface area contributed by atoms with Gasteiger partial charge in [-0.2, -0.15) is 21.8 Å². The van der Waals surface area contributed by atoms with Gasteiger partial charge in [-0.25, -0.2) is 0 Å². The normalized spacial score (nSPS) is 24.2. The minimum atomic E-state index is 0.153. The van der Waals surface area contributed by atoms with Crippen LogP contribution in [0.5, 0.6) is 0 Å². The van der Waals surface area contributed by atoms with E-state index in [-0.39, 0.29) is 6.04 Å². The van der Waals surface area contributed by atoms with E-state index in [1.165, 1.54) is 24.3 Å². The van der Waals surface area contributed by atoms with Crippen molar-refractivity contribution in [3.8, 4) is 11.4 Å². The molecule has 0 bridgehead atoms. The number of aryl methyl sites for hydroxylation is 1. The summed E-state index contributed by atoms with van der Waals surface area (Å²) in [5.74, 6) is 3.68. The van der Waals surface area contributed by atoms with Crippen LogP contribution in [0.25, 0.3) is 11.4 Å². The van der Waals surface area contributed by atoms with Crippen molar-refractivity contribution in [2.24, 2.45) is 12.5 Å². The van der Waals surface area contributed by atoms with Crippen LogP contribution in [0.15, 0.2) is 10.7 Å². The maximum absolute atomic E-state index is 6.19. The molecule has 2 fully saturated rings. The lowest BCUT2D eigenvalue weighted by atomic mass is 9.80. The van der Waals surface area contributed by atoms with Crippen LogP contribution in [0, 0.1) is 5.41 Å². The van der Waals surface area contributed by atoms with Crippen molar-refractivity contribution in [1.29, 1.82) is 0 Å². The zero-order chi connectivity index (χ0) is 15.2. The van der Waals surface area contributed by atoms with Crippen molar-refractivity contribution >= 4 is 23.4 Å². The lowest BCUT2D eigenvalue weighted by molar-refractivity contribution is 0.277. The Morgan fingerprint density at radius 3 is 3.00 bits per heavy atom. The standard InChI is InChI=1S/C14H18ClN5OS/c1-20-11(15)9(7-17-20)12-18-13(21-19-12)10-6-14(8-16-10)2-4-22-5-3-14/h7,10,16H,2-6,8H2,1H3. The van der Waals surface area contributed by atoms with Gasteiger partial charge in [-0.05, 0) is 36.2 Å². The zero-order valence-corrected chi connectivity index (χ0v) is 14.0. The molecule has 4 heterocycles. The second-order valence-electron chi connectivity index (χ2n) is 6.18. The first-order chi connectivity index (χ1) is 10.7. The highest BCUT2D eigenvalue weighted by Gasteiger charge is 2.42. The molecule has 4 rings (SSSR count). The molecule has 2 saturated heterocycles. The molecular formula is C14H18ClN5OS. The van der Waals surface area contributed by atoms with Crippen molar-refractivity contribution in [2.45, 2.75) is 25.3 Å². The van der Waals surface area contributed by atoms with Crippen molar-refractivity contribution in [2.75, 3.05) is 18.1 Å². The van der Waals surface area contributed by atoms with Crippen molar-refractivity contribution in [3.63, 3.8) is 0 Å². The maximum Gasteiger partial charge on any atom is 0.244 e. The van der Waals surface area contributed by atoms with Crippen LogP contribution in [0.1, 0.15) is 31.2 Å². The minimum absolute atomic E-state index is 0.153. The van der Waals surface area contributed by atoms with Crippen LogP contribution in [0.3, 0.4) is 0 Å². The molecule has 0 amide bonds. The number of thioether (sulfide) groups is 1. The first-order valence-corrected chi connectivity index (χ1v) is 9.03. The molecule has 1 spiro atoms. The number of hydrogen-bond acceptors (Lipinski definition) is 6. The summed E-state index contributed by atoms with van der Waals surface area (Å²) in [6.45, 7) is 1.05. The number of halogens is 1. The fourth-order valence-corrected chi connectivity index (χ4v) is 4.87. The third-order valence-corrected chi connectivity index (χ3v) is 6.20. The second-order valence-corrected chi connectivity index (χ2v) is 7.76. The van der Waals surface area contributed by atoms with E-state index in [1.54, 1.807) is 17.9 Å². The fourth-order valence-electron chi connectivity index (χ4n) is 3.34. The average Bonchev–Trinajstić information content (AvgIpc) is 3.22. The summed E-state index contributed by atoms with van der Waals surface area (Å²) in [6, 6.07) is 0.153. The summed E-state index contributed by atoms with van der Waals surface area (Å²) >= 11 is 8.24. The van der Waals surface area contributed by atoms with Crippen LogP contribution in [0.4, 0.5) is 0 Å². The molecule has 0 aromatic carbocycles. The molecule has 2 aromatic heterocycles. The number of rotatable bonds is 2. The summed E-state index contributed by atoms with van der Waals surface area (Å²) in [7, 11) is 1.79. The van der Waals surface area contributed by atoms with Gasteiger partial charge in [0.25, 0.3) is 0 Å². The van der Waals surface area contributed by atoms with Gasteiger partial charge in [0, 0.05) is 13.6 Å². The molecule has 118 valence electrons. The topological polar surface area (TPSA) is 68.8 Å². The highest BCUT2D eigenvalue weighted by Crippen LogP contribution is 2.45. The van der Waals surface area contributed by atoms with Gasteiger partial charge >= 0.3 is 0 Å². The van der Waals surface area contributed by atoms with E-state index in [0.717, 1.165) is 13.0 Å². The van der Waals surface area contributed by atoms with E-state index in [0.29, 0.717) is 27.8 Å². The van der Waals surface area contributed by atoms with E-state index in [1.807, 2.05) is 0 Å². The largest absolute Gasteiger partial charge is 0.337 e. The molecule has 0 saturated carbocycles. The van der Waals surface area contributed by atoms with E-state index in [9.17, 15) is 0 Å². The second kappa shape index (κ2) is 5.54. The van der Waals surface area contributed by atoms with Gasteiger partial charge in [0.15, 0.2) is 0 Å². The summed E-state index contributed by atoms with van der Waals surface area (Å²) in [5, 5.41) is 12.3. The van der Waals surface area contributed by atoms with E-state index >= 15 is 0 Å². The predicted octanol–water partition coefficient (Wildman–Crippen LogP) is 2.67. The Bertz CT molecular complexity index is 679. The number of nitrogens with zero attached hydrogens (tertiary/aromatic N) is 4. The summed E-state index contributed by atoms with van der Waals surface area (Å²) in [4.78, 5) is 4.53. The summed E-state index contributed by atoms with van der Waals surface area (Å²) in [5.41, 5.74) is 1.12. The smallest absolute Gasteiger partial charge is 0.244 e. The SMILES string of the molecule is Cn1ncc(-c2noc(C3CC4(CCSCC4)CN3)n2)c1Cl. The van der Waals surface area contributed by atoms with Crippen LogP contribution in [-0.4, -0.2) is 38.0 Å². The Morgan fingerprint density at radius 2 is 2.27 bits per heavy atom. The number of nitrogens with one attached hydrogen (secondary N) is 1. The molecule has 1 unspecified atom stereocenters. The van der Waals surface area contributed by atoms with E-state index in [4.69, 9.17) is 16.1 Å². The van der Waals surface area contributed by atoms with Crippen LogP contribution in [-0.2, 0) is 7.05 Å². The average molecular weight is 340 g/mol. The van der Waals surface area contributed by atoms with Gasteiger partial charge in [-0.15, -0.1) is 0 Å². The zero-order valence-electron chi connectivity index (χ0n) is 12.4. The molecule has 1 N–H and O–H groups in total. The van der Waals surface area contributed by atoms with Crippen LogP contribution in [0.2, 0.25) is 5.15 Å². The highest BCUT2D eigenvalue weighted by molar-refractivity contribution is 7.99. The highest BCUT2D eigenvalue weighted by atomic mass is 35.5. The van der Waals surface area contributed by atoms with Gasteiger partial charge in [-0.3, -0.25) is 4.68 Å². The molecule has 0 aliphatic carbocycles. The molecular weight excluding hydrogens is 322 g/mol. The lowest BCUT2D eigenvalue weighted by Crippen LogP contribution is -2.28. The Morgan fingerprint density at radius 1 is 1.45 bits per heavy atom. The van der Waals surface area contributed by atoms with Gasteiger partial charge in [0.05, 0.1) is 17.8 Å². The number of aromatic nitrogens is 4. The molecule has 8 heteroatoms. The summed E-state index contributed by atoms with van der Waals surface area (Å²) in [6.07, 6.45) is 5.29. The molecule has 2 aliphatic heterocycles. The Kier molecular flexibility index (Phi) is 3.66. The third kappa shape index (κ3) is 2.45. The molecule has 6 nitrogen and oxygen atoms in total. The molecule has 2 aromatic rings.